The first kappa shape index (κ1) is 15.8. The Labute approximate surface area is 130 Å². The minimum atomic E-state index is -0.209. The first-order valence-electron chi connectivity index (χ1n) is 7.40. The molecule has 0 saturated carbocycles. The molecule has 1 aromatic carbocycles. The second-order valence-corrected chi connectivity index (χ2v) is 4.89. The Morgan fingerprint density at radius 1 is 1.18 bits per heavy atom. The van der Waals surface area contributed by atoms with Crippen molar-refractivity contribution in [2.45, 2.75) is 26.0 Å². The number of para-hydroxylation sites is 1. The molecule has 0 spiro atoms. The molecule has 2 aromatic rings. The van der Waals surface area contributed by atoms with Crippen molar-refractivity contribution < 1.29 is 9.53 Å². The monoisotopic (exact) mass is 299 g/mol. The van der Waals surface area contributed by atoms with E-state index in [0.29, 0.717) is 13.1 Å². The molecule has 0 bridgehead atoms. The molecule has 0 radical (unpaired) electrons. The fraction of sp³-hybridized carbons (Fsp3) is 0.294. The van der Waals surface area contributed by atoms with Crippen molar-refractivity contribution in [3.8, 4) is 5.75 Å². The van der Waals surface area contributed by atoms with Crippen molar-refractivity contribution in [2.24, 2.45) is 0 Å². The summed E-state index contributed by atoms with van der Waals surface area (Å²) < 4.78 is 5.82. The highest BCUT2D eigenvalue weighted by molar-refractivity contribution is 5.73. The zero-order chi connectivity index (χ0) is 15.6. The van der Waals surface area contributed by atoms with Gasteiger partial charge in [-0.15, -0.1) is 0 Å². The largest absolute Gasteiger partial charge is 0.489 e. The van der Waals surface area contributed by atoms with Crippen LogP contribution >= 0.6 is 0 Å². The van der Waals surface area contributed by atoms with Crippen LogP contribution < -0.4 is 15.4 Å². The molecule has 22 heavy (non-hydrogen) atoms. The number of pyridine rings is 1. The molecule has 5 heteroatoms. The lowest BCUT2D eigenvalue weighted by Crippen LogP contribution is -2.40. The summed E-state index contributed by atoms with van der Waals surface area (Å²) in [5.74, 6) is 0.812. The van der Waals surface area contributed by atoms with Gasteiger partial charge in [0.15, 0.2) is 0 Å². The Hall–Kier alpha value is -2.56. The molecule has 116 valence electrons. The van der Waals surface area contributed by atoms with Gasteiger partial charge in [0, 0.05) is 18.9 Å². The van der Waals surface area contributed by atoms with Gasteiger partial charge in [0.1, 0.15) is 11.9 Å². The summed E-state index contributed by atoms with van der Waals surface area (Å²) in [4.78, 5) is 15.8. The maximum atomic E-state index is 11.8. The summed E-state index contributed by atoms with van der Waals surface area (Å²) in [7, 11) is 0. The molecule has 1 atom stereocenters. The number of hydrogen-bond donors (Lipinski definition) is 2. The second-order valence-electron chi connectivity index (χ2n) is 4.89. The van der Waals surface area contributed by atoms with Gasteiger partial charge in [-0.25, -0.2) is 4.79 Å². The van der Waals surface area contributed by atoms with Gasteiger partial charge in [-0.3, -0.25) is 4.98 Å². The van der Waals surface area contributed by atoms with Gasteiger partial charge in [0.05, 0.1) is 6.54 Å². The van der Waals surface area contributed by atoms with E-state index in [1.165, 1.54) is 0 Å². The lowest BCUT2D eigenvalue weighted by atomic mass is 10.2. The standard InChI is InChI=1S/C17H21N3O2/c1-2-15(22-16-8-4-3-5-9-16)13-20-17(21)19-12-14-7-6-10-18-11-14/h3-11,15H,2,12-13H2,1H3,(H2,19,20,21)/t15-/m0/s1. The molecular weight excluding hydrogens is 278 g/mol. The maximum Gasteiger partial charge on any atom is 0.315 e. The minimum absolute atomic E-state index is 0.0495. The molecule has 5 nitrogen and oxygen atoms in total. The number of urea groups is 1. The average molecular weight is 299 g/mol. The Morgan fingerprint density at radius 2 is 2.00 bits per heavy atom. The van der Waals surface area contributed by atoms with Gasteiger partial charge >= 0.3 is 6.03 Å². The quantitative estimate of drug-likeness (QED) is 0.826. The Balaban J connectivity index is 1.72. The van der Waals surface area contributed by atoms with Crippen molar-refractivity contribution in [3.05, 3.63) is 60.4 Å². The van der Waals surface area contributed by atoms with Crippen LogP contribution in [0.2, 0.25) is 0 Å². The third kappa shape index (κ3) is 5.44. The number of nitrogens with one attached hydrogen (secondary N) is 2. The van der Waals surface area contributed by atoms with Crippen LogP contribution in [0.3, 0.4) is 0 Å². The predicted octanol–water partition coefficient (Wildman–Crippen LogP) is 2.74. The van der Waals surface area contributed by atoms with Gasteiger partial charge < -0.3 is 15.4 Å². The van der Waals surface area contributed by atoms with Gasteiger partial charge in [0.2, 0.25) is 0 Å². The lowest BCUT2D eigenvalue weighted by Gasteiger charge is -2.18. The molecule has 0 unspecified atom stereocenters. The third-order valence-electron chi connectivity index (χ3n) is 3.17. The number of rotatable bonds is 7. The normalized spacial score (nSPS) is 11.5. The van der Waals surface area contributed by atoms with E-state index in [9.17, 15) is 4.79 Å². The van der Waals surface area contributed by atoms with Crippen LogP contribution in [-0.2, 0) is 6.54 Å². The first-order valence-corrected chi connectivity index (χ1v) is 7.40. The van der Waals surface area contributed by atoms with Crippen LogP contribution in [-0.4, -0.2) is 23.7 Å². The van der Waals surface area contributed by atoms with Crippen molar-refractivity contribution in [1.29, 1.82) is 0 Å². The molecule has 1 aromatic heterocycles. The Morgan fingerprint density at radius 3 is 2.68 bits per heavy atom. The van der Waals surface area contributed by atoms with Gasteiger partial charge in [-0.1, -0.05) is 31.2 Å². The number of carbonyl (C=O) groups is 1. The molecule has 0 aliphatic carbocycles. The van der Waals surface area contributed by atoms with Crippen LogP contribution in [0.4, 0.5) is 4.79 Å². The van der Waals surface area contributed by atoms with E-state index in [-0.39, 0.29) is 12.1 Å². The summed E-state index contributed by atoms with van der Waals surface area (Å²) >= 11 is 0. The highest BCUT2D eigenvalue weighted by Gasteiger charge is 2.10. The summed E-state index contributed by atoms with van der Waals surface area (Å²) in [6.45, 7) is 2.95. The number of carbonyl (C=O) groups excluding carboxylic acids is 1. The minimum Gasteiger partial charge on any atom is -0.489 e. The molecule has 2 amide bonds. The Bertz CT molecular complexity index is 561. The van der Waals surface area contributed by atoms with Crippen LogP contribution in [0.25, 0.3) is 0 Å². The second kappa shape index (κ2) is 8.67. The highest BCUT2D eigenvalue weighted by Crippen LogP contribution is 2.11. The molecule has 0 saturated heterocycles. The summed E-state index contributed by atoms with van der Waals surface area (Å²) in [5.41, 5.74) is 0.963. The van der Waals surface area contributed by atoms with Crippen molar-refractivity contribution >= 4 is 6.03 Å². The fourth-order valence-electron chi connectivity index (χ4n) is 1.91. The molecule has 0 fully saturated rings. The molecule has 0 aliphatic rings. The lowest BCUT2D eigenvalue weighted by molar-refractivity contribution is 0.189. The maximum absolute atomic E-state index is 11.8. The molecule has 2 rings (SSSR count). The molecular formula is C17H21N3O2. The van der Waals surface area contributed by atoms with E-state index in [0.717, 1.165) is 17.7 Å². The van der Waals surface area contributed by atoms with E-state index in [1.807, 2.05) is 49.4 Å². The SMILES string of the molecule is CC[C@@H](CNC(=O)NCc1cccnc1)Oc1ccccc1. The molecule has 0 aliphatic heterocycles. The summed E-state index contributed by atoms with van der Waals surface area (Å²) in [6, 6.07) is 13.2. The van der Waals surface area contributed by atoms with E-state index < -0.39 is 0 Å². The average Bonchev–Trinajstić information content (AvgIpc) is 2.58. The van der Waals surface area contributed by atoms with Crippen LogP contribution in [0.15, 0.2) is 54.9 Å². The molecule has 2 N–H and O–H groups in total. The van der Waals surface area contributed by atoms with E-state index in [2.05, 4.69) is 15.6 Å². The third-order valence-corrected chi connectivity index (χ3v) is 3.17. The van der Waals surface area contributed by atoms with Gasteiger partial charge in [-0.05, 0) is 30.2 Å². The van der Waals surface area contributed by atoms with Gasteiger partial charge in [0.25, 0.3) is 0 Å². The number of benzene rings is 1. The van der Waals surface area contributed by atoms with Crippen molar-refractivity contribution in [2.75, 3.05) is 6.54 Å². The fourth-order valence-corrected chi connectivity index (χ4v) is 1.91. The number of ether oxygens (including phenoxy) is 1. The van der Waals surface area contributed by atoms with Crippen LogP contribution in [0, 0.1) is 0 Å². The van der Waals surface area contributed by atoms with Crippen molar-refractivity contribution in [1.82, 2.24) is 15.6 Å². The number of amides is 2. The van der Waals surface area contributed by atoms with Crippen molar-refractivity contribution in [3.63, 3.8) is 0 Å². The highest BCUT2D eigenvalue weighted by atomic mass is 16.5. The number of nitrogens with zero attached hydrogens (tertiary/aromatic N) is 1. The van der Waals surface area contributed by atoms with E-state index in [4.69, 9.17) is 4.74 Å². The topological polar surface area (TPSA) is 63.2 Å². The van der Waals surface area contributed by atoms with Crippen LogP contribution in [0.1, 0.15) is 18.9 Å². The van der Waals surface area contributed by atoms with E-state index in [1.54, 1.807) is 12.4 Å². The summed E-state index contributed by atoms with van der Waals surface area (Å²) in [6.07, 6.45) is 4.20. The zero-order valence-corrected chi connectivity index (χ0v) is 12.7. The van der Waals surface area contributed by atoms with E-state index >= 15 is 0 Å². The summed E-state index contributed by atoms with van der Waals surface area (Å²) in [5, 5.41) is 5.63. The van der Waals surface area contributed by atoms with Gasteiger partial charge in [-0.2, -0.15) is 0 Å². The zero-order valence-electron chi connectivity index (χ0n) is 12.7. The molecule has 1 heterocycles. The number of aromatic nitrogens is 1. The van der Waals surface area contributed by atoms with Crippen LogP contribution in [0.5, 0.6) is 5.75 Å². The number of hydrogen-bond acceptors (Lipinski definition) is 3. The smallest absolute Gasteiger partial charge is 0.315 e. The Kier molecular flexibility index (Phi) is 6.23. The first-order chi connectivity index (χ1) is 10.8. The predicted molar refractivity (Wildman–Crippen MR) is 85.6 cm³/mol.